The van der Waals surface area contributed by atoms with E-state index in [1.807, 2.05) is 6.92 Å². The van der Waals surface area contributed by atoms with Crippen molar-refractivity contribution in [2.75, 3.05) is 19.6 Å². The Balaban J connectivity index is 2.38. The maximum Gasteiger partial charge on any atom is 0.246 e. The van der Waals surface area contributed by atoms with Crippen LogP contribution in [0.3, 0.4) is 0 Å². The van der Waals surface area contributed by atoms with Crippen LogP contribution in [0.25, 0.3) is 0 Å². The molecule has 6 heteroatoms. The second-order valence-corrected chi connectivity index (χ2v) is 6.56. The number of rotatable bonds is 2. The number of piperazine rings is 1. The lowest BCUT2D eigenvalue weighted by atomic mass is 10.2. The van der Waals surface area contributed by atoms with Crippen LogP contribution in [-0.4, -0.2) is 38.4 Å². The molecular weight excluding hydrogens is 255 g/mol. The third kappa shape index (κ3) is 2.55. The standard InChI is InChI=1S/C12H17FN2O2S/c1-9-3-4-11(13)12(7-9)18(16,17)15-6-5-14-10(2)8-15/h3-4,7,10,14H,5-6,8H2,1-2H3. The monoisotopic (exact) mass is 272 g/mol. The van der Waals surface area contributed by atoms with Gasteiger partial charge in [0.2, 0.25) is 10.0 Å². The van der Waals surface area contributed by atoms with Gasteiger partial charge in [-0.05, 0) is 31.5 Å². The Morgan fingerprint density at radius 2 is 2.17 bits per heavy atom. The zero-order valence-electron chi connectivity index (χ0n) is 10.5. The van der Waals surface area contributed by atoms with Crippen molar-refractivity contribution in [2.45, 2.75) is 24.8 Å². The van der Waals surface area contributed by atoms with Gasteiger partial charge < -0.3 is 5.32 Å². The number of sulfonamides is 1. The Hall–Kier alpha value is -0.980. The SMILES string of the molecule is Cc1ccc(F)c(S(=O)(=O)N2CCNC(C)C2)c1. The number of halogens is 1. The third-order valence-corrected chi connectivity index (χ3v) is 4.92. The predicted molar refractivity (Wildman–Crippen MR) is 67.4 cm³/mol. The third-order valence-electron chi connectivity index (χ3n) is 3.04. The zero-order chi connectivity index (χ0) is 13.3. The number of hydrogen-bond acceptors (Lipinski definition) is 3. The van der Waals surface area contributed by atoms with Gasteiger partial charge in [-0.1, -0.05) is 6.07 Å². The van der Waals surface area contributed by atoms with Crippen molar-refractivity contribution >= 4 is 10.0 Å². The van der Waals surface area contributed by atoms with E-state index in [4.69, 9.17) is 0 Å². The molecule has 1 aliphatic heterocycles. The van der Waals surface area contributed by atoms with Crippen LogP contribution in [0.2, 0.25) is 0 Å². The summed E-state index contributed by atoms with van der Waals surface area (Å²) in [5.41, 5.74) is 0.734. The fraction of sp³-hybridized carbons (Fsp3) is 0.500. The molecule has 0 amide bonds. The molecule has 1 aromatic carbocycles. The lowest BCUT2D eigenvalue weighted by molar-refractivity contribution is 0.309. The molecule has 0 spiro atoms. The van der Waals surface area contributed by atoms with Crippen LogP contribution >= 0.6 is 0 Å². The van der Waals surface area contributed by atoms with E-state index in [2.05, 4.69) is 5.32 Å². The molecule has 0 aromatic heterocycles. The molecule has 0 aliphatic carbocycles. The van der Waals surface area contributed by atoms with Crippen LogP contribution < -0.4 is 5.32 Å². The van der Waals surface area contributed by atoms with E-state index >= 15 is 0 Å². The van der Waals surface area contributed by atoms with Gasteiger partial charge in [0.1, 0.15) is 10.7 Å². The largest absolute Gasteiger partial charge is 0.312 e. The normalized spacial score (nSPS) is 22.1. The first kappa shape index (κ1) is 13.5. The molecule has 0 bridgehead atoms. The Kier molecular flexibility index (Phi) is 3.70. The lowest BCUT2D eigenvalue weighted by Gasteiger charge is -2.31. The molecular formula is C12H17FN2O2S. The quantitative estimate of drug-likeness (QED) is 0.877. The van der Waals surface area contributed by atoms with E-state index in [0.717, 1.165) is 5.56 Å². The molecule has 1 fully saturated rings. The van der Waals surface area contributed by atoms with Crippen molar-refractivity contribution < 1.29 is 12.8 Å². The van der Waals surface area contributed by atoms with Crippen LogP contribution in [-0.2, 0) is 10.0 Å². The van der Waals surface area contributed by atoms with Gasteiger partial charge in [-0.3, -0.25) is 0 Å². The number of hydrogen-bond donors (Lipinski definition) is 1. The second-order valence-electron chi connectivity index (χ2n) is 4.65. The summed E-state index contributed by atoms with van der Waals surface area (Å²) in [5, 5.41) is 3.16. The topological polar surface area (TPSA) is 49.4 Å². The van der Waals surface area contributed by atoms with E-state index in [-0.39, 0.29) is 10.9 Å². The second kappa shape index (κ2) is 4.95. The van der Waals surface area contributed by atoms with Crippen LogP contribution in [0.5, 0.6) is 0 Å². The Bertz CT molecular complexity index is 545. The van der Waals surface area contributed by atoms with Gasteiger partial charge in [0.25, 0.3) is 0 Å². The Labute approximate surface area is 107 Å². The predicted octanol–water partition coefficient (Wildman–Crippen LogP) is 1.12. The van der Waals surface area contributed by atoms with Gasteiger partial charge in [-0.15, -0.1) is 0 Å². The van der Waals surface area contributed by atoms with Gasteiger partial charge in [0.15, 0.2) is 0 Å². The first-order chi connectivity index (χ1) is 8.41. The van der Waals surface area contributed by atoms with Gasteiger partial charge in [-0.25, -0.2) is 12.8 Å². The van der Waals surface area contributed by atoms with Gasteiger partial charge in [-0.2, -0.15) is 4.31 Å². The molecule has 4 nitrogen and oxygen atoms in total. The molecule has 100 valence electrons. The average Bonchev–Trinajstić information content (AvgIpc) is 2.32. The number of nitrogens with zero attached hydrogens (tertiary/aromatic N) is 1. The fourth-order valence-corrected chi connectivity index (χ4v) is 3.74. The molecule has 1 saturated heterocycles. The maximum absolute atomic E-state index is 13.7. The smallest absolute Gasteiger partial charge is 0.246 e. The highest BCUT2D eigenvalue weighted by atomic mass is 32.2. The van der Waals surface area contributed by atoms with Crippen LogP contribution in [0.15, 0.2) is 23.1 Å². The van der Waals surface area contributed by atoms with Crippen molar-refractivity contribution in [3.8, 4) is 0 Å². The summed E-state index contributed by atoms with van der Waals surface area (Å²) in [6.45, 7) is 5.00. The highest BCUT2D eigenvalue weighted by Crippen LogP contribution is 2.21. The number of benzene rings is 1. The van der Waals surface area contributed by atoms with Gasteiger partial charge in [0, 0.05) is 25.7 Å². The summed E-state index contributed by atoms with van der Waals surface area (Å²) in [4.78, 5) is -0.225. The average molecular weight is 272 g/mol. The van der Waals surface area contributed by atoms with E-state index in [0.29, 0.717) is 19.6 Å². The molecule has 1 aromatic rings. The van der Waals surface area contributed by atoms with Crippen molar-refractivity contribution in [1.29, 1.82) is 0 Å². The summed E-state index contributed by atoms with van der Waals surface area (Å²) < 4.78 is 39.8. The maximum atomic E-state index is 13.7. The van der Waals surface area contributed by atoms with E-state index in [9.17, 15) is 12.8 Å². The minimum atomic E-state index is -3.73. The molecule has 1 aliphatic rings. The van der Waals surface area contributed by atoms with Crippen LogP contribution in [0.1, 0.15) is 12.5 Å². The summed E-state index contributed by atoms with van der Waals surface area (Å²) in [6.07, 6.45) is 0. The number of nitrogens with one attached hydrogen (secondary N) is 1. The van der Waals surface area contributed by atoms with Crippen molar-refractivity contribution in [1.82, 2.24) is 9.62 Å². The van der Waals surface area contributed by atoms with Crippen molar-refractivity contribution in [3.63, 3.8) is 0 Å². The fourth-order valence-electron chi connectivity index (χ4n) is 2.06. The molecule has 0 saturated carbocycles. The first-order valence-electron chi connectivity index (χ1n) is 5.91. The molecule has 1 unspecified atom stereocenters. The summed E-state index contributed by atoms with van der Waals surface area (Å²) in [6, 6.07) is 4.24. The summed E-state index contributed by atoms with van der Waals surface area (Å²) in [7, 11) is -3.73. The number of aryl methyl sites for hydroxylation is 1. The molecule has 1 N–H and O–H groups in total. The Morgan fingerprint density at radius 3 is 2.83 bits per heavy atom. The van der Waals surface area contributed by atoms with E-state index in [1.165, 1.54) is 16.4 Å². The summed E-state index contributed by atoms with van der Waals surface area (Å²) >= 11 is 0. The van der Waals surface area contributed by atoms with Crippen LogP contribution in [0, 0.1) is 12.7 Å². The zero-order valence-corrected chi connectivity index (χ0v) is 11.3. The minimum absolute atomic E-state index is 0.0846. The Morgan fingerprint density at radius 1 is 1.44 bits per heavy atom. The molecule has 1 atom stereocenters. The molecule has 18 heavy (non-hydrogen) atoms. The highest BCUT2D eigenvalue weighted by molar-refractivity contribution is 7.89. The van der Waals surface area contributed by atoms with E-state index < -0.39 is 15.8 Å². The van der Waals surface area contributed by atoms with E-state index in [1.54, 1.807) is 13.0 Å². The minimum Gasteiger partial charge on any atom is -0.312 e. The highest BCUT2D eigenvalue weighted by Gasteiger charge is 2.30. The van der Waals surface area contributed by atoms with Crippen LogP contribution in [0.4, 0.5) is 4.39 Å². The first-order valence-corrected chi connectivity index (χ1v) is 7.35. The summed E-state index contributed by atoms with van der Waals surface area (Å²) in [5.74, 6) is -0.688. The van der Waals surface area contributed by atoms with Crippen molar-refractivity contribution in [2.24, 2.45) is 0 Å². The molecule has 0 radical (unpaired) electrons. The lowest BCUT2D eigenvalue weighted by Crippen LogP contribution is -2.51. The molecule has 1 heterocycles. The molecule has 2 rings (SSSR count). The van der Waals surface area contributed by atoms with Crippen molar-refractivity contribution in [3.05, 3.63) is 29.6 Å². The van der Waals surface area contributed by atoms with Gasteiger partial charge in [0.05, 0.1) is 0 Å². The van der Waals surface area contributed by atoms with Gasteiger partial charge >= 0.3 is 0 Å².